The van der Waals surface area contributed by atoms with Gasteiger partial charge in [0.25, 0.3) is 5.91 Å². The third kappa shape index (κ3) is 4.57. The zero-order chi connectivity index (χ0) is 17.8. The minimum absolute atomic E-state index is 0.0383. The molecule has 1 aliphatic carbocycles. The van der Waals surface area contributed by atoms with Crippen molar-refractivity contribution in [2.75, 3.05) is 6.26 Å². The highest BCUT2D eigenvalue weighted by Gasteiger charge is 2.15. The van der Waals surface area contributed by atoms with Gasteiger partial charge in [-0.15, -0.1) is 0 Å². The Morgan fingerprint density at radius 1 is 1.12 bits per heavy atom. The summed E-state index contributed by atoms with van der Waals surface area (Å²) in [6.45, 7) is 2.02. The molecular weight excluding hydrogens is 330 g/mol. The Kier molecular flexibility index (Phi) is 5.69. The Labute approximate surface area is 152 Å². The number of nitrogens with one attached hydrogen (secondary N) is 1. The lowest BCUT2D eigenvalue weighted by Gasteiger charge is -2.20. The molecule has 0 aliphatic heterocycles. The summed E-state index contributed by atoms with van der Waals surface area (Å²) in [6.07, 6.45) is 6.51. The molecule has 2 unspecified atom stereocenters. The second-order valence-corrected chi connectivity index (χ2v) is 8.28. The van der Waals surface area contributed by atoms with Gasteiger partial charge in [0.15, 0.2) is 0 Å². The molecule has 0 heterocycles. The van der Waals surface area contributed by atoms with E-state index in [0.717, 1.165) is 17.5 Å². The van der Waals surface area contributed by atoms with Crippen LogP contribution in [0.5, 0.6) is 0 Å². The van der Waals surface area contributed by atoms with Crippen LogP contribution in [-0.4, -0.2) is 16.4 Å². The summed E-state index contributed by atoms with van der Waals surface area (Å²) in [6, 6.07) is 13.9. The zero-order valence-electron chi connectivity index (χ0n) is 14.9. The van der Waals surface area contributed by atoms with Crippen LogP contribution in [0, 0.1) is 0 Å². The Bertz CT molecular complexity index is 800. The van der Waals surface area contributed by atoms with Gasteiger partial charge in [0, 0.05) is 28.4 Å². The van der Waals surface area contributed by atoms with Crippen molar-refractivity contribution in [2.45, 2.75) is 44.4 Å². The number of amides is 1. The van der Waals surface area contributed by atoms with Crippen molar-refractivity contribution < 1.29 is 9.00 Å². The first-order valence-corrected chi connectivity index (χ1v) is 10.6. The van der Waals surface area contributed by atoms with Crippen LogP contribution in [0.2, 0.25) is 0 Å². The van der Waals surface area contributed by atoms with Gasteiger partial charge in [0.1, 0.15) is 0 Å². The number of carbonyl (C=O) groups is 1. The van der Waals surface area contributed by atoms with Gasteiger partial charge in [-0.3, -0.25) is 9.00 Å². The van der Waals surface area contributed by atoms with Crippen LogP contribution < -0.4 is 5.32 Å². The monoisotopic (exact) mass is 355 g/mol. The van der Waals surface area contributed by atoms with Crippen LogP contribution >= 0.6 is 0 Å². The number of hydrogen-bond acceptors (Lipinski definition) is 2. The first-order chi connectivity index (χ1) is 12.0. The molecule has 132 valence electrons. The second-order valence-electron chi connectivity index (χ2n) is 6.85. The van der Waals surface area contributed by atoms with Crippen molar-refractivity contribution in [1.29, 1.82) is 0 Å². The maximum Gasteiger partial charge on any atom is 0.251 e. The predicted molar refractivity (Wildman–Crippen MR) is 103 cm³/mol. The topological polar surface area (TPSA) is 46.2 Å². The minimum atomic E-state index is -0.912. The molecule has 2 atom stereocenters. The second kappa shape index (κ2) is 7.96. The Morgan fingerprint density at radius 3 is 2.64 bits per heavy atom. The van der Waals surface area contributed by atoms with Gasteiger partial charge in [-0.05, 0) is 67.0 Å². The highest BCUT2D eigenvalue weighted by Crippen LogP contribution is 2.25. The van der Waals surface area contributed by atoms with Crippen molar-refractivity contribution in [1.82, 2.24) is 5.32 Å². The van der Waals surface area contributed by atoms with Gasteiger partial charge in [0.2, 0.25) is 0 Å². The molecule has 0 saturated heterocycles. The third-order valence-electron chi connectivity index (χ3n) is 4.78. The van der Waals surface area contributed by atoms with Gasteiger partial charge >= 0.3 is 0 Å². The van der Waals surface area contributed by atoms with E-state index in [4.69, 9.17) is 0 Å². The van der Waals surface area contributed by atoms with Crippen molar-refractivity contribution in [3.8, 4) is 0 Å². The lowest BCUT2D eigenvalue weighted by Crippen LogP contribution is -2.27. The van der Waals surface area contributed by atoms with E-state index in [9.17, 15) is 9.00 Å². The summed E-state index contributed by atoms with van der Waals surface area (Å²) >= 11 is 0. The van der Waals surface area contributed by atoms with Gasteiger partial charge in [-0.25, -0.2) is 0 Å². The van der Waals surface area contributed by atoms with E-state index in [2.05, 4.69) is 23.5 Å². The molecule has 4 heteroatoms. The summed E-state index contributed by atoms with van der Waals surface area (Å²) < 4.78 is 11.4. The van der Waals surface area contributed by atoms with Crippen molar-refractivity contribution >= 4 is 16.7 Å². The Morgan fingerprint density at radius 2 is 1.88 bits per heavy atom. The van der Waals surface area contributed by atoms with E-state index in [1.807, 2.05) is 25.1 Å². The first kappa shape index (κ1) is 17.9. The number of fused-ring (bicyclic) bond motifs is 1. The first-order valence-electron chi connectivity index (χ1n) is 8.84. The molecule has 0 bridgehead atoms. The number of rotatable bonds is 5. The van der Waals surface area contributed by atoms with E-state index in [1.54, 1.807) is 12.3 Å². The van der Waals surface area contributed by atoms with Gasteiger partial charge in [0.05, 0.1) is 6.04 Å². The van der Waals surface area contributed by atoms with E-state index in [-0.39, 0.29) is 11.9 Å². The lowest BCUT2D eigenvalue weighted by molar-refractivity contribution is 0.0939. The Hall–Kier alpha value is -1.94. The fraction of sp³-hybridized carbons (Fsp3) is 0.381. The molecule has 1 aliphatic rings. The molecule has 25 heavy (non-hydrogen) atoms. The standard InChI is InChI=1S/C21H25NO2S/c1-15(18-11-10-17-7-3-4-8-19(17)13-18)22-21(23)20-9-5-6-16(12-20)14-25(2)24/h5-6,9-13,15H,3-4,7-8,14H2,1-2H3,(H,22,23). The van der Waals surface area contributed by atoms with E-state index in [0.29, 0.717) is 11.3 Å². The Balaban J connectivity index is 1.71. The molecule has 0 saturated carbocycles. The summed E-state index contributed by atoms with van der Waals surface area (Å²) in [7, 11) is -0.912. The van der Waals surface area contributed by atoms with Crippen LogP contribution in [0.1, 0.15) is 58.4 Å². The SMILES string of the molecule is CC(NC(=O)c1cccc(CS(C)=O)c1)c1ccc2c(c1)CCCC2. The third-order valence-corrected chi connectivity index (χ3v) is 5.52. The zero-order valence-corrected chi connectivity index (χ0v) is 15.7. The smallest absolute Gasteiger partial charge is 0.251 e. The number of carbonyl (C=O) groups excluding carboxylic acids is 1. The molecule has 0 aromatic heterocycles. The average molecular weight is 356 g/mol. The molecule has 0 radical (unpaired) electrons. The molecule has 2 aromatic carbocycles. The highest BCUT2D eigenvalue weighted by atomic mass is 32.2. The summed E-state index contributed by atoms with van der Waals surface area (Å²) in [5.41, 5.74) is 5.58. The minimum Gasteiger partial charge on any atom is -0.346 e. The molecule has 3 nitrogen and oxygen atoms in total. The summed E-state index contributed by atoms with van der Waals surface area (Å²) in [5.74, 6) is 0.385. The largest absolute Gasteiger partial charge is 0.346 e. The van der Waals surface area contributed by atoms with Crippen LogP contribution in [0.25, 0.3) is 0 Å². The molecule has 0 fully saturated rings. The van der Waals surface area contributed by atoms with Crippen molar-refractivity contribution in [3.05, 3.63) is 70.3 Å². The number of benzene rings is 2. The van der Waals surface area contributed by atoms with Crippen LogP contribution in [0.3, 0.4) is 0 Å². The van der Waals surface area contributed by atoms with E-state index < -0.39 is 10.8 Å². The summed E-state index contributed by atoms with van der Waals surface area (Å²) in [5, 5.41) is 3.09. The highest BCUT2D eigenvalue weighted by molar-refractivity contribution is 7.83. The molecular formula is C21H25NO2S. The fourth-order valence-corrected chi connectivity index (χ4v) is 4.07. The maximum atomic E-state index is 12.6. The fourth-order valence-electron chi connectivity index (χ4n) is 3.42. The maximum absolute atomic E-state index is 12.6. The van der Waals surface area contributed by atoms with Crippen molar-refractivity contribution in [3.63, 3.8) is 0 Å². The van der Waals surface area contributed by atoms with E-state index >= 15 is 0 Å². The lowest BCUT2D eigenvalue weighted by atomic mass is 9.89. The summed E-state index contributed by atoms with van der Waals surface area (Å²) in [4.78, 5) is 12.6. The van der Waals surface area contributed by atoms with Crippen molar-refractivity contribution in [2.24, 2.45) is 0 Å². The van der Waals surface area contributed by atoms with Gasteiger partial charge in [-0.1, -0.05) is 30.3 Å². The number of aryl methyl sites for hydroxylation is 2. The van der Waals surface area contributed by atoms with E-state index in [1.165, 1.54) is 30.4 Å². The van der Waals surface area contributed by atoms with Gasteiger partial charge < -0.3 is 5.32 Å². The van der Waals surface area contributed by atoms with Crippen LogP contribution in [-0.2, 0) is 29.4 Å². The predicted octanol–water partition coefficient (Wildman–Crippen LogP) is 3.93. The molecule has 1 amide bonds. The molecule has 3 rings (SSSR count). The quantitative estimate of drug-likeness (QED) is 0.883. The molecule has 2 aromatic rings. The number of hydrogen-bond donors (Lipinski definition) is 1. The normalized spacial score (nSPS) is 15.9. The molecule has 0 spiro atoms. The van der Waals surface area contributed by atoms with Gasteiger partial charge in [-0.2, -0.15) is 0 Å². The van der Waals surface area contributed by atoms with Crippen LogP contribution in [0.15, 0.2) is 42.5 Å². The molecule has 1 N–H and O–H groups in total. The van der Waals surface area contributed by atoms with Crippen LogP contribution in [0.4, 0.5) is 0 Å². The average Bonchev–Trinajstić information content (AvgIpc) is 2.61.